The maximum absolute atomic E-state index is 12.3. The summed E-state index contributed by atoms with van der Waals surface area (Å²) in [5.41, 5.74) is 5.97. The van der Waals surface area contributed by atoms with Crippen molar-refractivity contribution in [3.05, 3.63) is 0 Å². The molecule has 0 spiro atoms. The third-order valence-electron chi connectivity index (χ3n) is 4.42. The third-order valence-corrected chi connectivity index (χ3v) is 5.59. The second-order valence-corrected chi connectivity index (χ2v) is 6.87. The summed E-state index contributed by atoms with van der Waals surface area (Å²) in [4.78, 5) is 12.3. The molecular formula is C14H26N2OS. The molecule has 3 nitrogen and oxygen atoms in total. The quantitative estimate of drug-likeness (QED) is 0.827. The van der Waals surface area contributed by atoms with Crippen molar-refractivity contribution in [1.29, 1.82) is 0 Å². The largest absolute Gasteiger partial charge is 0.352 e. The normalized spacial score (nSPS) is 37.2. The van der Waals surface area contributed by atoms with Crippen molar-refractivity contribution in [1.82, 2.24) is 5.32 Å². The highest BCUT2D eigenvalue weighted by Gasteiger charge is 2.30. The Hall–Kier alpha value is -0.220. The Bertz CT molecular complexity index is 285. The molecule has 0 heterocycles. The predicted octanol–water partition coefficient (Wildman–Crippen LogP) is 2.29. The van der Waals surface area contributed by atoms with E-state index in [1.807, 2.05) is 11.8 Å². The van der Waals surface area contributed by atoms with Gasteiger partial charge in [-0.05, 0) is 38.4 Å². The molecule has 2 saturated carbocycles. The minimum Gasteiger partial charge on any atom is -0.352 e. The molecule has 0 saturated heterocycles. The monoisotopic (exact) mass is 270 g/mol. The molecule has 0 bridgehead atoms. The molecule has 1 amide bonds. The smallest absolute Gasteiger partial charge is 0.223 e. The van der Waals surface area contributed by atoms with Crippen LogP contribution in [0.4, 0.5) is 0 Å². The van der Waals surface area contributed by atoms with Crippen molar-refractivity contribution in [3.8, 4) is 0 Å². The van der Waals surface area contributed by atoms with Gasteiger partial charge in [-0.15, -0.1) is 0 Å². The van der Waals surface area contributed by atoms with E-state index in [9.17, 15) is 4.79 Å². The van der Waals surface area contributed by atoms with E-state index >= 15 is 0 Å². The lowest BCUT2D eigenvalue weighted by Gasteiger charge is -2.33. The Morgan fingerprint density at radius 1 is 1.17 bits per heavy atom. The number of amides is 1. The summed E-state index contributed by atoms with van der Waals surface area (Å²) < 4.78 is 0. The first-order valence-corrected chi connectivity index (χ1v) is 8.58. The van der Waals surface area contributed by atoms with Crippen molar-refractivity contribution in [2.45, 2.75) is 68.7 Å². The summed E-state index contributed by atoms with van der Waals surface area (Å²) in [5.74, 6) is 0.425. The van der Waals surface area contributed by atoms with Crippen molar-refractivity contribution in [3.63, 3.8) is 0 Å². The van der Waals surface area contributed by atoms with Crippen LogP contribution in [0.5, 0.6) is 0 Å². The van der Waals surface area contributed by atoms with Crippen LogP contribution in [0.25, 0.3) is 0 Å². The molecule has 0 aromatic rings. The van der Waals surface area contributed by atoms with Crippen molar-refractivity contribution in [2.24, 2.45) is 11.7 Å². The zero-order valence-corrected chi connectivity index (χ0v) is 12.2. The van der Waals surface area contributed by atoms with E-state index in [2.05, 4.69) is 11.6 Å². The van der Waals surface area contributed by atoms with E-state index in [-0.39, 0.29) is 17.9 Å². The van der Waals surface area contributed by atoms with Crippen LogP contribution < -0.4 is 11.1 Å². The van der Waals surface area contributed by atoms with E-state index in [4.69, 9.17) is 5.73 Å². The van der Waals surface area contributed by atoms with E-state index in [1.165, 1.54) is 19.3 Å². The average Bonchev–Trinajstić information content (AvgIpc) is 2.39. The van der Waals surface area contributed by atoms with Gasteiger partial charge in [-0.25, -0.2) is 0 Å². The molecular weight excluding hydrogens is 244 g/mol. The van der Waals surface area contributed by atoms with Crippen molar-refractivity contribution >= 4 is 17.7 Å². The summed E-state index contributed by atoms with van der Waals surface area (Å²) in [6.07, 6.45) is 11.2. The van der Waals surface area contributed by atoms with Gasteiger partial charge >= 0.3 is 0 Å². The molecule has 18 heavy (non-hydrogen) atoms. The van der Waals surface area contributed by atoms with Crippen molar-refractivity contribution < 1.29 is 4.79 Å². The number of nitrogens with two attached hydrogens (primary N) is 1. The molecule has 2 aliphatic rings. The first-order valence-electron chi connectivity index (χ1n) is 7.29. The molecule has 4 atom stereocenters. The predicted molar refractivity (Wildman–Crippen MR) is 77.6 cm³/mol. The number of rotatable bonds is 3. The van der Waals surface area contributed by atoms with Gasteiger partial charge in [-0.1, -0.05) is 19.3 Å². The second-order valence-electron chi connectivity index (χ2n) is 5.80. The molecule has 4 unspecified atom stereocenters. The molecule has 0 aliphatic heterocycles. The van der Waals surface area contributed by atoms with Crippen LogP contribution >= 0.6 is 11.8 Å². The average molecular weight is 270 g/mol. The summed E-state index contributed by atoms with van der Waals surface area (Å²) in [5, 5.41) is 3.91. The summed E-state index contributed by atoms with van der Waals surface area (Å²) >= 11 is 1.90. The maximum atomic E-state index is 12.3. The standard InChI is InChI=1S/C14H26N2OS/c1-18-13-8-3-2-7-12(13)16-14(17)10-5-4-6-11(15)9-10/h10-13H,2-9,15H2,1H3,(H,16,17). The molecule has 3 N–H and O–H groups in total. The van der Waals surface area contributed by atoms with Gasteiger partial charge in [0, 0.05) is 23.3 Å². The summed E-state index contributed by atoms with van der Waals surface area (Å²) in [6, 6.07) is 0.622. The highest BCUT2D eigenvalue weighted by Crippen LogP contribution is 2.28. The van der Waals surface area contributed by atoms with Gasteiger partial charge in [-0.3, -0.25) is 4.79 Å². The fourth-order valence-corrected chi connectivity index (χ4v) is 4.25. The second kappa shape index (κ2) is 6.80. The van der Waals surface area contributed by atoms with Gasteiger partial charge in [0.2, 0.25) is 5.91 Å². The van der Waals surface area contributed by atoms with Gasteiger partial charge in [0.1, 0.15) is 0 Å². The fourth-order valence-electron chi connectivity index (χ4n) is 3.31. The molecule has 104 valence electrons. The number of hydrogen-bond donors (Lipinski definition) is 2. The molecule has 2 rings (SSSR count). The SMILES string of the molecule is CSC1CCCCC1NC(=O)C1CCCC(N)C1. The van der Waals surface area contributed by atoms with Gasteiger partial charge in [0.05, 0.1) is 0 Å². The number of nitrogens with one attached hydrogen (secondary N) is 1. The molecule has 2 aliphatic carbocycles. The Balaban J connectivity index is 1.85. The minimum atomic E-state index is 0.165. The van der Waals surface area contributed by atoms with E-state index in [0.29, 0.717) is 11.3 Å². The lowest BCUT2D eigenvalue weighted by molar-refractivity contribution is -0.127. The zero-order chi connectivity index (χ0) is 13.0. The number of thioether (sulfide) groups is 1. The van der Waals surface area contributed by atoms with Crippen LogP contribution in [0.15, 0.2) is 0 Å². The maximum Gasteiger partial charge on any atom is 0.223 e. The Kier molecular flexibility index (Phi) is 5.37. The van der Waals surface area contributed by atoms with Crippen molar-refractivity contribution in [2.75, 3.05) is 6.26 Å². The van der Waals surface area contributed by atoms with Gasteiger partial charge in [0.25, 0.3) is 0 Å². The Labute approximate surface area is 115 Å². The van der Waals surface area contributed by atoms with Crippen LogP contribution in [-0.4, -0.2) is 29.5 Å². The number of hydrogen-bond acceptors (Lipinski definition) is 3. The molecule has 4 heteroatoms. The van der Waals surface area contributed by atoms with E-state index in [1.54, 1.807) is 0 Å². The first-order chi connectivity index (χ1) is 8.70. The van der Waals surface area contributed by atoms with Crippen LogP contribution in [-0.2, 0) is 4.79 Å². The summed E-state index contributed by atoms with van der Waals surface area (Å²) in [7, 11) is 0. The minimum absolute atomic E-state index is 0.165. The van der Waals surface area contributed by atoms with Crippen LogP contribution in [0, 0.1) is 5.92 Å². The number of carbonyl (C=O) groups is 1. The van der Waals surface area contributed by atoms with E-state index < -0.39 is 0 Å². The van der Waals surface area contributed by atoms with Crippen LogP contribution in [0.2, 0.25) is 0 Å². The lowest BCUT2D eigenvalue weighted by Crippen LogP contribution is -2.47. The van der Waals surface area contributed by atoms with Gasteiger partial charge < -0.3 is 11.1 Å². The molecule has 0 aromatic heterocycles. The Morgan fingerprint density at radius 2 is 1.94 bits per heavy atom. The van der Waals surface area contributed by atoms with E-state index in [0.717, 1.165) is 32.1 Å². The summed E-state index contributed by atoms with van der Waals surface area (Å²) in [6.45, 7) is 0. The fraction of sp³-hybridized carbons (Fsp3) is 0.929. The third kappa shape index (κ3) is 3.64. The molecule has 0 radical (unpaired) electrons. The first kappa shape index (κ1) is 14.2. The zero-order valence-electron chi connectivity index (χ0n) is 11.4. The molecule has 2 fully saturated rings. The Morgan fingerprint density at radius 3 is 2.67 bits per heavy atom. The van der Waals surface area contributed by atoms with Crippen LogP contribution in [0.1, 0.15) is 51.4 Å². The highest BCUT2D eigenvalue weighted by molar-refractivity contribution is 7.99. The lowest BCUT2D eigenvalue weighted by atomic mass is 9.85. The van der Waals surface area contributed by atoms with Crippen LogP contribution in [0.3, 0.4) is 0 Å². The number of carbonyl (C=O) groups excluding carboxylic acids is 1. The van der Waals surface area contributed by atoms with Gasteiger partial charge in [-0.2, -0.15) is 11.8 Å². The van der Waals surface area contributed by atoms with Gasteiger partial charge in [0.15, 0.2) is 0 Å². The molecule has 0 aromatic carbocycles. The highest BCUT2D eigenvalue weighted by atomic mass is 32.2. The topological polar surface area (TPSA) is 55.1 Å².